The van der Waals surface area contributed by atoms with Gasteiger partial charge in [-0.15, -0.1) is 0 Å². The number of nitrogens with one attached hydrogen (secondary N) is 1. The molecule has 2 aliphatic heterocycles. The first-order valence-corrected chi connectivity index (χ1v) is 12.1. The minimum Gasteiger partial charge on any atom is -0.462 e. The Kier molecular flexibility index (Phi) is 5.75. The van der Waals surface area contributed by atoms with Gasteiger partial charge in [0.05, 0.1) is 28.7 Å². The van der Waals surface area contributed by atoms with Gasteiger partial charge in [-0.25, -0.2) is 13.2 Å². The van der Waals surface area contributed by atoms with Crippen LogP contribution in [0, 0.1) is 0 Å². The number of nitrogens with zero attached hydrogens (tertiary/aromatic N) is 1. The van der Waals surface area contributed by atoms with Crippen molar-refractivity contribution in [2.75, 3.05) is 22.8 Å². The molecule has 2 aromatic carbocycles. The summed E-state index contributed by atoms with van der Waals surface area (Å²) < 4.78 is 33.8. The van der Waals surface area contributed by atoms with Crippen LogP contribution >= 0.6 is 0 Å². The molecule has 0 aromatic heterocycles. The molecule has 1 N–H and O–H groups in total. The van der Waals surface area contributed by atoms with Crippen LogP contribution in [0.2, 0.25) is 0 Å². The molecule has 1 atom stereocenters. The number of aryl methyl sites for hydroxylation is 1. The number of sulfonamides is 1. The van der Waals surface area contributed by atoms with Crippen LogP contribution in [0.15, 0.2) is 41.3 Å². The van der Waals surface area contributed by atoms with Gasteiger partial charge in [-0.3, -0.25) is 9.52 Å². The van der Waals surface area contributed by atoms with Gasteiger partial charge in [-0.05, 0) is 73.7 Å². The summed E-state index contributed by atoms with van der Waals surface area (Å²) in [6, 6.07) is 9.43. The van der Waals surface area contributed by atoms with E-state index in [1.807, 2.05) is 13.8 Å². The van der Waals surface area contributed by atoms with E-state index in [1.54, 1.807) is 29.2 Å². The van der Waals surface area contributed by atoms with Crippen molar-refractivity contribution in [3.8, 4) is 0 Å². The summed E-state index contributed by atoms with van der Waals surface area (Å²) in [5, 5.41) is 0. The maximum atomic E-state index is 13.0. The van der Waals surface area contributed by atoms with Crippen LogP contribution in [-0.4, -0.2) is 33.4 Å². The van der Waals surface area contributed by atoms with E-state index in [9.17, 15) is 18.0 Å². The first-order chi connectivity index (χ1) is 14.8. The number of hydrogen-bond donors (Lipinski definition) is 1. The highest BCUT2D eigenvalue weighted by atomic mass is 32.2. The van der Waals surface area contributed by atoms with Gasteiger partial charge in [0.25, 0.3) is 10.0 Å². The van der Waals surface area contributed by atoms with Crippen molar-refractivity contribution in [3.63, 3.8) is 0 Å². The molecule has 0 spiro atoms. The average molecular weight is 443 g/mol. The Bertz CT molecular complexity index is 1130. The molecular weight excluding hydrogens is 416 g/mol. The number of carbonyl (C=O) groups is 2. The number of amides is 1. The number of unbranched alkanes of at least 4 members (excludes halogenated alkanes) is 1. The first-order valence-electron chi connectivity index (χ1n) is 10.6. The largest absolute Gasteiger partial charge is 0.462 e. The van der Waals surface area contributed by atoms with E-state index >= 15 is 0 Å². The third-order valence-corrected chi connectivity index (χ3v) is 7.17. The fourth-order valence-electron chi connectivity index (χ4n) is 4.10. The van der Waals surface area contributed by atoms with Crippen molar-refractivity contribution in [2.24, 2.45) is 0 Å². The lowest BCUT2D eigenvalue weighted by Crippen LogP contribution is -2.32. The van der Waals surface area contributed by atoms with Crippen LogP contribution in [0.3, 0.4) is 0 Å². The van der Waals surface area contributed by atoms with Gasteiger partial charge in [0.2, 0.25) is 5.91 Å². The lowest BCUT2D eigenvalue weighted by Gasteiger charge is -2.26. The molecule has 0 fully saturated rings. The number of rotatable bonds is 7. The fraction of sp³-hybridized carbons (Fsp3) is 0.391. The van der Waals surface area contributed by atoms with Gasteiger partial charge in [0.15, 0.2) is 0 Å². The van der Waals surface area contributed by atoms with E-state index in [0.29, 0.717) is 24.4 Å². The summed E-state index contributed by atoms with van der Waals surface area (Å²) in [5.74, 6) is -0.747. The SMILES string of the molecule is CCCCOC(=O)c1ccc(NS(=O)(=O)c2cc3c4c(c2)[C@@H](C)C(=O)N4CCC3)cc1. The summed E-state index contributed by atoms with van der Waals surface area (Å²) in [6.07, 6.45) is 3.30. The monoisotopic (exact) mass is 442 g/mol. The number of ether oxygens (including phenoxy) is 1. The first kappa shape index (κ1) is 21.4. The fourth-order valence-corrected chi connectivity index (χ4v) is 5.25. The van der Waals surface area contributed by atoms with Gasteiger partial charge >= 0.3 is 5.97 Å². The Morgan fingerprint density at radius 1 is 1.23 bits per heavy atom. The summed E-state index contributed by atoms with van der Waals surface area (Å²) in [4.78, 5) is 26.5. The van der Waals surface area contributed by atoms with E-state index in [-0.39, 0.29) is 16.7 Å². The summed E-state index contributed by atoms with van der Waals surface area (Å²) in [5.41, 5.74) is 3.27. The van der Waals surface area contributed by atoms with Crippen LogP contribution in [0.1, 0.15) is 60.5 Å². The molecular formula is C23H26N2O5S. The van der Waals surface area contributed by atoms with Gasteiger partial charge in [-0.1, -0.05) is 13.3 Å². The second kappa shape index (κ2) is 8.34. The highest BCUT2D eigenvalue weighted by molar-refractivity contribution is 7.92. The van der Waals surface area contributed by atoms with Crippen LogP contribution in [0.4, 0.5) is 11.4 Å². The Morgan fingerprint density at radius 3 is 2.68 bits per heavy atom. The number of esters is 1. The van der Waals surface area contributed by atoms with E-state index in [4.69, 9.17) is 4.74 Å². The molecule has 0 unspecified atom stereocenters. The van der Waals surface area contributed by atoms with Gasteiger partial charge < -0.3 is 9.64 Å². The summed E-state index contributed by atoms with van der Waals surface area (Å²) in [6.45, 7) is 4.88. The molecule has 0 aliphatic carbocycles. The molecule has 8 heteroatoms. The zero-order chi connectivity index (χ0) is 22.2. The predicted molar refractivity (Wildman–Crippen MR) is 118 cm³/mol. The predicted octanol–water partition coefficient (Wildman–Crippen LogP) is 3.84. The summed E-state index contributed by atoms with van der Waals surface area (Å²) in [7, 11) is -3.85. The highest BCUT2D eigenvalue weighted by Crippen LogP contribution is 2.44. The van der Waals surface area contributed by atoms with Crippen molar-refractivity contribution < 1.29 is 22.7 Å². The topological polar surface area (TPSA) is 92.8 Å². The maximum Gasteiger partial charge on any atom is 0.338 e. The van der Waals surface area contributed by atoms with Crippen LogP contribution in [0.25, 0.3) is 0 Å². The minimum absolute atomic E-state index is 0.0277. The third-order valence-electron chi connectivity index (χ3n) is 5.81. The molecule has 0 saturated carbocycles. The van der Waals surface area contributed by atoms with Crippen molar-refractivity contribution in [2.45, 2.75) is 50.3 Å². The Morgan fingerprint density at radius 2 is 1.97 bits per heavy atom. The summed E-state index contributed by atoms with van der Waals surface area (Å²) >= 11 is 0. The molecule has 2 aliphatic rings. The smallest absolute Gasteiger partial charge is 0.338 e. The maximum absolute atomic E-state index is 13.0. The average Bonchev–Trinajstić information content (AvgIpc) is 3.00. The molecule has 4 rings (SSSR count). The van der Waals surface area contributed by atoms with E-state index < -0.39 is 16.0 Å². The number of benzene rings is 2. The minimum atomic E-state index is -3.85. The molecule has 1 amide bonds. The molecule has 0 saturated heterocycles. The van der Waals surface area contributed by atoms with Crippen molar-refractivity contribution >= 4 is 33.3 Å². The third kappa shape index (κ3) is 4.04. The van der Waals surface area contributed by atoms with Crippen LogP contribution < -0.4 is 9.62 Å². The molecule has 0 radical (unpaired) electrons. The number of anilines is 2. The zero-order valence-electron chi connectivity index (χ0n) is 17.7. The quantitative estimate of drug-likeness (QED) is 0.519. The second-order valence-corrected chi connectivity index (χ2v) is 9.69. The Labute approximate surface area is 182 Å². The van der Waals surface area contributed by atoms with E-state index in [2.05, 4.69) is 4.72 Å². The number of hydrogen-bond acceptors (Lipinski definition) is 5. The highest BCUT2D eigenvalue weighted by Gasteiger charge is 2.38. The van der Waals surface area contributed by atoms with Crippen molar-refractivity contribution in [1.29, 1.82) is 0 Å². The molecule has 0 bridgehead atoms. The van der Waals surface area contributed by atoms with Gasteiger partial charge in [0, 0.05) is 12.2 Å². The van der Waals surface area contributed by atoms with Crippen molar-refractivity contribution in [1.82, 2.24) is 0 Å². The Hall–Kier alpha value is -2.87. The molecule has 7 nitrogen and oxygen atoms in total. The van der Waals surface area contributed by atoms with Crippen LogP contribution in [0.5, 0.6) is 0 Å². The normalized spacial score (nSPS) is 17.4. The van der Waals surface area contributed by atoms with Gasteiger partial charge in [0.1, 0.15) is 0 Å². The Balaban J connectivity index is 1.55. The molecule has 31 heavy (non-hydrogen) atoms. The van der Waals surface area contributed by atoms with E-state index in [0.717, 1.165) is 42.5 Å². The van der Waals surface area contributed by atoms with Gasteiger partial charge in [-0.2, -0.15) is 0 Å². The van der Waals surface area contributed by atoms with Crippen LogP contribution in [-0.2, 0) is 26.0 Å². The second-order valence-electron chi connectivity index (χ2n) is 8.01. The van der Waals surface area contributed by atoms with E-state index in [1.165, 1.54) is 12.1 Å². The lowest BCUT2D eigenvalue weighted by atomic mass is 9.97. The zero-order valence-corrected chi connectivity index (χ0v) is 18.5. The van der Waals surface area contributed by atoms with Crippen molar-refractivity contribution in [3.05, 3.63) is 53.1 Å². The molecule has 2 heterocycles. The lowest BCUT2D eigenvalue weighted by molar-refractivity contribution is -0.119. The molecule has 164 valence electrons. The standard InChI is InChI=1S/C23H26N2O5S/c1-3-4-12-30-23(27)16-7-9-18(10-8-16)24-31(28,29)19-13-17-6-5-11-25-21(17)20(14-19)15(2)22(25)26/h7-10,13-15,24H,3-6,11-12H2,1-2H3/t15-/m1/s1. The number of carbonyl (C=O) groups excluding carboxylic acids is 2. The molecule has 2 aromatic rings.